The molecule has 0 bridgehead atoms. The average molecular weight is 341 g/mol. The van der Waals surface area contributed by atoms with Gasteiger partial charge in [-0.2, -0.15) is 4.39 Å². The van der Waals surface area contributed by atoms with Crippen LogP contribution in [0, 0.1) is 15.9 Å². The maximum atomic E-state index is 13.3. The van der Waals surface area contributed by atoms with E-state index in [1.165, 1.54) is 18.2 Å². The number of hydrogen-bond donors (Lipinski definition) is 3. The molecule has 0 heterocycles. The second-order valence-corrected chi connectivity index (χ2v) is 5.21. The highest BCUT2D eigenvalue weighted by molar-refractivity contribution is 6.06. The fraction of sp³-hybridized carbons (Fsp3) is 0. The molecule has 0 aliphatic rings. The van der Waals surface area contributed by atoms with Crippen LogP contribution >= 0.6 is 0 Å². The summed E-state index contributed by atoms with van der Waals surface area (Å²) >= 11 is 0. The number of phenolic OH excluding ortho intramolecular Hbond substituents is 1. The molecule has 3 aromatic carbocycles. The molecule has 2 amide bonds. The summed E-state index contributed by atoms with van der Waals surface area (Å²) < 4.78 is 13.3. The van der Waals surface area contributed by atoms with Crippen LogP contribution in [0.25, 0.3) is 10.8 Å². The Labute approximate surface area is 140 Å². The molecular weight excluding hydrogens is 329 g/mol. The Balaban J connectivity index is 1.83. The summed E-state index contributed by atoms with van der Waals surface area (Å²) in [7, 11) is 0. The fourth-order valence-electron chi connectivity index (χ4n) is 2.38. The molecule has 3 aromatic rings. The van der Waals surface area contributed by atoms with E-state index in [0.717, 1.165) is 17.5 Å². The molecule has 0 aromatic heterocycles. The molecule has 0 saturated heterocycles. The smallest absolute Gasteiger partial charge is 0.323 e. The van der Waals surface area contributed by atoms with Gasteiger partial charge in [0.2, 0.25) is 5.82 Å². The summed E-state index contributed by atoms with van der Waals surface area (Å²) in [6.45, 7) is 0. The highest BCUT2D eigenvalue weighted by Crippen LogP contribution is 2.27. The number of nitro groups is 1. The number of phenols is 1. The maximum Gasteiger partial charge on any atom is 0.323 e. The van der Waals surface area contributed by atoms with Crippen LogP contribution in [0.1, 0.15) is 0 Å². The van der Waals surface area contributed by atoms with Crippen molar-refractivity contribution in [2.45, 2.75) is 0 Å². The van der Waals surface area contributed by atoms with Crippen LogP contribution in [-0.4, -0.2) is 16.1 Å². The van der Waals surface area contributed by atoms with E-state index in [0.29, 0.717) is 11.1 Å². The van der Waals surface area contributed by atoms with E-state index in [-0.39, 0.29) is 11.4 Å². The van der Waals surface area contributed by atoms with E-state index in [2.05, 4.69) is 10.6 Å². The first-order chi connectivity index (χ1) is 11.9. The van der Waals surface area contributed by atoms with Crippen molar-refractivity contribution in [1.29, 1.82) is 0 Å². The molecule has 0 saturated carbocycles. The molecule has 7 nitrogen and oxygen atoms in total. The number of carbonyl (C=O) groups is 1. The lowest BCUT2D eigenvalue weighted by Gasteiger charge is -2.10. The fourth-order valence-corrected chi connectivity index (χ4v) is 2.38. The normalized spacial score (nSPS) is 10.4. The van der Waals surface area contributed by atoms with Gasteiger partial charge in [-0.15, -0.1) is 0 Å². The number of anilines is 2. The topological polar surface area (TPSA) is 104 Å². The number of amides is 2. The molecule has 0 unspecified atom stereocenters. The highest BCUT2D eigenvalue weighted by Gasteiger charge is 2.15. The van der Waals surface area contributed by atoms with Crippen molar-refractivity contribution < 1.29 is 19.2 Å². The molecule has 8 heteroatoms. The minimum atomic E-state index is -0.986. The van der Waals surface area contributed by atoms with Crippen LogP contribution in [0.15, 0.2) is 54.6 Å². The van der Waals surface area contributed by atoms with Crippen molar-refractivity contribution in [2.24, 2.45) is 0 Å². The first kappa shape index (κ1) is 16.2. The largest absolute Gasteiger partial charge is 0.508 e. The molecule has 0 fully saturated rings. The number of benzene rings is 3. The van der Waals surface area contributed by atoms with Crippen LogP contribution in [0.4, 0.5) is 26.2 Å². The average Bonchev–Trinajstić information content (AvgIpc) is 2.57. The number of nitrogens with one attached hydrogen (secondary N) is 2. The first-order valence-electron chi connectivity index (χ1n) is 7.18. The zero-order valence-electron chi connectivity index (χ0n) is 12.7. The number of carbonyl (C=O) groups excluding carboxylic acids is 1. The summed E-state index contributed by atoms with van der Waals surface area (Å²) in [6, 6.07) is 12.4. The number of nitro benzene ring substituents is 1. The monoisotopic (exact) mass is 341 g/mol. The van der Waals surface area contributed by atoms with Crippen LogP contribution in [0.2, 0.25) is 0 Å². The molecule has 3 rings (SSSR count). The highest BCUT2D eigenvalue weighted by atomic mass is 19.1. The Morgan fingerprint density at radius 1 is 1.08 bits per heavy atom. The lowest BCUT2D eigenvalue weighted by atomic mass is 10.1. The number of halogens is 1. The molecule has 3 N–H and O–H groups in total. The minimum absolute atomic E-state index is 0.0521. The summed E-state index contributed by atoms with van der Waals surface area (Å²) in [5.41, 5.74) is -0.205. The molecule has 126 valence electrons. The first-order valence-corrected chi connectivity index (χ1v) is 7.18. The predicted octanol–water partition coefficient (Wildman–Crippen LogP) is 4.24. The summed E-state index contributed by atoms with van der Waals surface area (Å²) in [4.78, 5) is 22.0. The van der Waals surface area contributed by atoms with Gasteiger partial charge in [0, 0.05) is 17.1 Å². The molecule has 0 radical (unpaired) electrons. The third kappa shape index (κ3) is 3.47. The van der Waals surface area contributed by atoms with Crippen LogP contribution in [-0.2, 0) is 0 Å². The van der Waals surface area contributed by atoms with Gasteiger partial charge >= 0.3 is 11.7 Å². The Morgan fingerprint density at radius 2 is 1.88 bits per heavy atom. The van der Waals surface area contributed by atoms with Crippen molar-refractivity contribution in [2.75, 3.05) is 10.6 Å². The Kier molecular flexibility index (Phi) is 4.17. The summed E-state index contributed by atoms with van der Waals surface area (Å²) in [5, 5.41) is 26.8. The lowest BCUT2D eigenvalue weighted by molar-refractivity contribution is -0.387. The standard InChI is InChI=1S/C17H12FN3O4/c18-14-7-5-11(8-16(14)21(24)25)19-17(23)20-15-3-1-2-10-4-6-12(22)9-13(10)15/h1-9,22H,(H2,19,20,23). The lowest BCUT2D eigenvalue weighted by Crippen LogP contribution is -2.19. The van der Waals surface area contributed by atoms with Crippen LogP contribution < -0.4 is 10.6 Å². The van der Waals surface area contributed by atoms with E-state index < -0.39 is 22.5 Å². The minimum Gasteiger partial charge on any atom is -0.508 e. The van der Waals surface area contributed by atoms with E-state index in [4.69, 9.17) is 0 Å². The maximum absolute atomic E-state index is 13.3. The number of fused-ring (bicyclic) bond motifs is 1. The number of aromatic hydroxyl groups is 1. The van der Waals surface area contributed by atoms with Gasteiger partial charge in [-0.25, -0.2) is 4.79 Å². The Morgan fingerprint density at radius 3 is 2.64 bits per heavy atom. The van der Waals surface area contributed by atoms with Crippen molar-refractivity contribution in [3.8, 4) is 5.75 Å². The number of nitrogens with zero attached hydrogens (tertiary/aromatic N) is 1. The van der Waals surface area contributed by atoms with Crippen LogP contribution in [0.5, 0.6) is 5.75 Å². The third-order valence-electron chi connectivity index (χ3n) is 3.51. The van der Waals surface area contributed by atoms with E-state index in [1.54, 1.807) is 18.2 Å². The molecular formula is C17H12FN3O4. The summed E-state index contributed by atoms with van der Waals surface area (Å²) in [5.74, 6) is -0.934. The zero-order chi connectivity index (χ0) is 18.0. The molecule has 0 aliphatic heterocycles. The Bertz CT molecular complexity index is 991. The van der Waals surface area contributed by atoms with Crippen LogP contribution in [0.3, 0.4) is 0 Å². The van der Waals surface area contributed by atoms with Gasteiger partial charge in [-0.1, -0.05) is 18.2 Å². The molecule has 0 spiro atoms. The van der Waals surface area contributed by atoms with E-state index in [1.807, 2.05) is 6.07 Å². The van der Waals surface area contributed by atoms with Crippen molar-refractivity contribution in [3.63, 3.8) is 0 Å². The summed E-state index contributed by atoms with van der Waals surface area (Å²) in [6.07, 6.45) is 0. The molecule has 0 aliphatic carbocycles. The molecule has 25 heavy (non-hydrogen) atoms. The van der Waals surface area contributed by atoms with Crippen molar-refractivity contribution in [3.05, 3.63) is 70.5 Å². The van der Waals surface area contributed by atoms with Gasteiger partial charge in [-0.05, 0) is 35.7 Å². The van der Waals surface area contributed by atoms with Crippen molar-refractivity contribution in [1.82, 2.24) is 0 Å². The zero-order valence-corrected chi connectivity index (χ0v) is 12.7. The Hall–Kier alpha value is -3.68. The quantitative estimate of drug-likeness (QED) is 0.489. The van der Waals surface area contributed by atoms with Gasteiger partial charge < -0.3 is 15.7 Å². The SMILES string of the molecule is O=C(Nc1ccc(F)c([N+](=O)[O-])c1)Nc1cccc2ccc(O)cc12. The van der Waals surface area contributed by atoms with Gasteiger partial charge in [-0.3, -0.25) is 10.1 Å². The van der Waals surface area contributed by atoms with Gasteiger partial charge in [0.1, 0.15) is 5.75 Å². The second-order valence-electron chi connectivity index (χ2n) is 5.21. The second kappa shape index (κ2) is 6.44. The van der Waals surface area contributed by atoms with E-state index in [9.17, 15) is 24.4 Å². The van der Waals surface area contributed by atoms with E-state index >= 15 is 0 Å². The van der Waals surface area contributed by atoms with Gasteiger partial charge in [0.15, 0.2) is 0 Å². The van der Waals surface area contributed by atoms with Crippen molar-refractivity contribution >= 4 is 33.9 Å². The third-order valence-corrected chi connectivity index (χ3v) is 3.51. The van der Waals surface area contributed by atoms with Gasteiger partial charge in [0.05, 0.1) is 10.6 Å². The number of hydrogen-bond acceptors (Lipinski definition) is 4. The number of rotatable bonds is 3. The number of urea groups is 1. The predicted molar refractivity (Wildman–Crippen MR) is 91.3 cm³/mol. The van der Waals surface area contributed by atoms with Gasteiger partial charge in [0.25, 0.3) is 0 Å². The molecule has 0 atom stereocenters.